The molecule has 22 heavy (non-hydrogen) atoms. The first-order chi connectivity index (χ1) is 10.5. The van der Waals surface area contributed by atoms with Crippen LogP contribution >= 0.6 is 11.3 Å². The van der Waals surface area contributed by atoms with Crippen molar-refractivity contribution in [2.75, 3.05) is 0 Å². The SMILES string of the molecule is Cc1csc(CC(=O)N/N=C\c2ccc(OC(F)F)cc2)n1. The van der Waals surface area contributed by atoms with E-state index in [0.717, 1.165) is 10.7 Å². The van der Waals surface area contributed by atoms with E-state index in [9.17, 15) is 13.6 Å². The van der Waals surface area contributed by atoms with Gasteiger partial charge in [-0.2, -0.15) is 13.9 Å². The monoisotopic (exact) mass is 325 g/mol. The smallest absolute Gasteiger partial charge is 0.387 e. The summed E-state index contributed by atoms with van der Waals surface area (Å²) >= 11 is 1.42. The third-order valence-corrected chi connectivity index (χ3v) is 3.45. The number of benzene rings is 1. The van der Waals surface area contributed by atoms with Crippen LogP contribution in [0.1, 0.15) is 16.3 Å². The number of aromatic nitrogens is 1. The fourth-order valence-corrected chi connectivity index (χ4v) is 2.35. The topological polar surface area (TPSA) is 63.6 Å². The van der Waals surface area contributed by atoms with Crippen LogP contribution in [0.15, 0.2) is 34.7 Å². The molecule has 0 unspecified atom stereocenters. The summed E-state index contributed by atoms with van der Waals surface area (Å²) < 4.78 is 28.2. The molecule has 1 aromatic carbocycles. The maximum Gasteiger partial charge on any atom is 0.387 e. The third kappa shape index (κ3) is 5.21. The molecule has 2 aromatic rings. The van der Waals surface area contributed by atoms with Crippen LogP contribution in [0.2, 0.25) is 0 Å². The second-order valence-electron chi connectivity index (χ2n) is 4.30. The fraction of sp³-hybridized carbons (Fsp3) is 0.214. The summed E-state index contributed by atoms with van der Waals surface area (Å²) in [7, 11) is 0. The highest BCUT2D eigenvalue weighted by atomic mass is 32.1. The third-order valence-electron chi connectivity index (χ3n) is 2.49. The van der Waals surface area contributed by atoms with Gasteiger partial charge in [0.15, 0.2) is 0 Å². The predicted molar refractivity (Wildman–Crippen MR) is 79.4 cm³/mol. The van der Waals surface area contributed by atoms with Crippen molar-refractivity contribution in [2.24, 2.45) is 5.10 Å². The lowest BCUT2D eigenvalue weighted by atomic mass is 10.2. The predicted octanol–water partition coefficient (Wildman–Crippen LogP) is 2.75. The number of ether oxygens (including phenoxy) is 1. The van der Waals surface area contributed by atoms with E-state index in [-0.39, 0.29) is 18.1 Å². The van der Waals surface area contributed by atoms with Crippen LogP contribution in [0.4, 0.5) is 8.78 Å². The van der Waals surface area contributed by atoms with E-state index in [1.807, 2.05) is 12.3 Å². The average Bonchev–Trinajstić information content (AvgIpc) is 2.85. The second kappa shape index (κ2) is 7.60. The van der Waals surface area contributed by atoms with Crippen molar-refractivity contribution in [3.05, 3.63) is 45.9 Å². The molecular formula is C14H13F2N3O2S. The Kier molecular flexibility index (Phi) is 5.54. The van der Waals surface area contributed by atoms with E-state index in [0.29, 0.717) is 5.56 Å². The number of hydrazone groups is 1. The Balaban J connectivity index is 1.82. The Morgan fingerprint density at radius 1 is 1.45 bits per heavy atom. The summed E-state index contributed by atoms with van der Waals surface area (Å²) in [6.07, 6.45) is 1.58. The second-order valence-corrected chi connectivity index (χ2v) is 5.24. The van der Waals surface area contributed by atoms with Gasteiger partial charge in [-0.3, -0.25) is 4.79 Å². The van der Waals surface area contributed by atoms with Gasteiger partial charge in [0.25, 0.3) is 0 Å². The number of aryl methyl sites for hydroxylation is 1. The molecule has 0 saturated carbocycles. The zero-order valence-corrected chi connectivity index (χ0v) is 12.4. The summed E-state index contributed by atoms with van der Waals surface area (Å²) in [4.78, 5) is 15.8. The molecule has 0 radical (unpaired) electrons. The molecule has 1 amide bonds. The summed E-state index contributed by atoms with van der Waals surface area (Å²) in [6.45, 7) is -0.995. The minimum Gasteiger partial charge on any atom is -0.435 e. The molecular weight excluding hydrogens is 312 g/mol. The molecule has 0 spiro atoms. The Labute approximate surface area is 129 Å². The molecule has 0 saturated heterocycles. The maximum atomic E-state index is 12.0. The maximum absolute atomic E-state index is 12.0. The highest BCUT2D eigenvalue weighted by Gasteiger charge is 2.05. The number of nitrogens with one attached hydrogen (secondary N) is 1. The van der Waals surface area contributed by atoms with Crippen molar-refractivity contribution >= 4 is 23.5 Å². The number of rotatable bonds is 6. The van der Waals surface area contributed by atoms with Gasteiger partial charge >= 0.3 is 6.61 Å². The van der Waals surface area contributed by atoms with Gasteiger partial charge < -0.3 is 4.74 Å². The molecule has 2 rings (SSSR count). The molecule has 116 valence electrons. The molecule has 1 heterocycles. The Hall–Kier alpha value is -2.35. The fourth-order valence-electron chi connectivity index (χ4n) is 1.57. The van der Waals surface area contributed by atoms with Crippen LogP contribution in [0.3, 0.4) is 0 Å². The van der Waals surface area contributed by atoms with Crippen LogP contribution in [-0.4, -0.2) is 23.7 Å². The van der Waals surface area contributed by atoms with E-state index >= 15 is 0 Å². The molecule has 8 heteroatoms. The van der Waals surface area contributed by atoms with Gasteiger partial charge in [-0.1, -0.05) is 0 Å². The van der Waals surface area contributed by atoms with Crippen molar-refractivity contribution in [1.29, 1.82) is 0 Å². The van der Waals surface area contributed by atoms with Gasteiger partial charge in [-0.15, -0.1) is 11.3 Å². The Bertz CT molecular complexity index is 656. The number of amides is 1. The Morgan fingerprint density at radius 2 is 2.18 bits per heavy atom. The molecule has 0 fully saturated rings. The quantitative estimate of drug-likeness (QED) is 0.656. The summed E-state index contributed by atoms with van der Waals surface area (Å²) in [6, 6.07) is 5.90. The molecule has 0 bridgehead atoms. The van der Waals surface area contributed by atoms with Crippen molar-refractivity contribution in [3.8, 4) is 5.75 Å². The molecule has 0 aliphatic rings. The van der Waals surface area contributed by atoms with Gasteiger partial charge in [0.1, 0.15) is 10.8 Å². The van der Waals surface area contributed by atoms with Gasteiger partial charge in [0, 0.05) is 11.1 Å². The molecule has 0 aliphatic carbocycles. The van der Waals surface area contributed by atoms with Crippen molar-refractivity contribution < 1.29 is 18.3 Å². The molecule has 1 aromatic heterocycles. The van der Waals surface area contributed by atoms with E-state index in [1.54, 1.807) is 12.1 Å². The summed E-state index contributed by atoms with van der Waals surface area (Å²) in [5.41, 5.74) is 3.90. The standard InChI is InChI=1S/C14H13F2N3O2S/c1-9-8-22-13(18-9)6-12(20)19-17-7-10-2-4-11(5-3-10)21-14(15)16/h2-5,7-8,14H,6H2,1H3,(H,19,20)/b17-7-. The zero-order chi connectivity index (χ0) is 15.9. The van der Waals surface area contributed by atoms with E-state index in [2.05, 4.69) is 20.2 Å². The van der Waals surface area contributed by atoms with Crippen LogP contribution in [0.25, 0.3) is 0 Å². The molecule has 0 aliphatic heterocycles. The number of hydrogen-bond acceptors (Lipinski definition) is 5. The van der Waals surface area contributed by atoms with Crippen LogP contribution < -0.4 is 10.2 Å². The van der Waals surface area contributed by atoms with E-state index < -0.39 is 6.61 Å². The number of halogens is 2. The zero-order valence-electron chi connectivity index (χ0n) is 11.6. The van der Waals surface area contributed by atoms with Gasteiger partial charge in [0.2, 0.25) is 5.91 Å². The summed E-state index contributed by atoms with van der Waals surface area (Å²) in [5.74, 6) is -0.210. The minimum absolute atomic E-state index is 0.0651. The van der Waals surface area contributed by atoms with Crippen LogP contribution in [0.5, 0.6) is 5.75 Å². The van der Waals surface area contributed by atoms with E-state index in [1.165, 1.54) is 29.7 Å². The minimum atomic E-state index is -2.85. The molecule has 1 N–H and O–H groups in total. The first-order valence-electron chi connectivity index (χ1n) is 6.31. The van der Waals surface area contributed by atoms with Crippen LogP contribution in [0, 0.1) is 6.92 Å². The highest BCUT2D eigenvalue weighted by Crippen LogP contribution is 2.14. The largest absolute Gasteiger partial charge is 0.435 e. The number of alkyl halides is 2. The number of hydrogen-bond donors (Lipinski definition) is 1. The lowest BCUT2D eigenvalue weighted by Crippen LogP contribution is -2.19. The normalized spacial score (nSPS) is 11.1. The number of nitrogens with zero attached hydrogens (tertiary/aromatic N) is 2. The lowest BCUT2D eigenvalue weighted by Gasteiger charge is -2.03. The first kappa shape index (κ1) is 16.0. The van der Waals surface area contributed by atoms with E-state index in [4.69, 9.17) is 0 Å². The van der Waals surface area contributed by atoms with Gasteiger partial charge in [0.05, 0.1) is 12.6 Å². The molecule has 0 atom stereocenters. The van der Waals surface area contributed by atoms with Crippen LogP contribution in [-0.2, 0) is 11.2 Å². The van der Waals surface area contributed by atoms with Crippen molar-refractivity contribution in [1.82, 2.24) is 10.4 Å². The highest BCUT2D eigenvalue weighted by molar-refractivity contribution is 7.09. The number of thiazole rings is 1. The number of carbonyl (C=O) groups is 1. The first-order valence-corrected chi connectivity index (χ1v) is 7.18. The average molecular weight is 325 g/mol. The Morgan fingerprint density at radius 3 is 2.77 bits per heavy atom. The number of carbonyl (C=O) groups excluding carboxylic acids is 1. The summed E-state index contributed by atoms with van der Waals surface area (Å²) in [5, 5.41) is 6.39. The van der Waals surface area contributed by atoms with Gasteiger partial charge in [-0.25, -0.2) is 10.4 Å². The van der Waals surface area contributed by atoms with Gasteiger partial charge in [-0.05, 0) is 36.8 Å². The van der Waals surface area contributed by atoms with Crippen molar-refractivity contribution in [3.63, 3.8) is 0 Å². The molecule has 5 nitrogen and oxygen atoms in total. The van der Waals surface area contributed by atoms with Crippen molar-refractivity contribution in [2.45, 2.75) is 20.0 Å². The lowest BCUT2D eigenvalue weighted by molar-refractivity contribution is -0.120.